The number of aryl methyl sites for hydroxylation is 1. The van der Waals surface area contributed by atoms with Crippen LogP contribution < -0.4 is 0 Å². The van der Waals surface area contributed by atoms with Crippen LogP contribution in [0, 0.1) is 0 Å². The maximum Gasteiger partial charge on any atom is 0.282 e. The largest absolute Gasteiger partial charge is 0.282 e. The van der Waals surface area contributed by atoms with Crippen molar-refractivity contribution in [2.75, 3.05) is 0 Å². The lowest BCUT2D eigenvalue weighted by Crippen LogP contribution is -2.08. The minimum Gasteiger partial charge on any atom is -0.275 e. The number of aromatic nitrogens is 2. The van der Waals surface area contributed by atoms with Gasteiger partial charge >= 0.3 is 0 Å². The molecule has 0 fully saturated rings. The summed E-state index contributed by atoms with van der Waals surface area (Å²) in [5.41, 5.74) is -0.0821. The SMILES string of the molecule is Cn1cc(CC(Cl)(Cl)Cl)c(C(F)F)n1. The summed E-state index contributed by atoms with van der Waals surface area (Å²) in [4.78, 5) is 0. The summed E-state index contributed by atoms with van der Waals surface area (Å²) < 4.78 is 24.5. The average molecular weight is 264 g/mol. The Bertz CT molecular complexity index is 319. The standard InChI is InChI=1S/C7H7Cl3F2N2/c1-14-3-4(2-7(8,9)10)5(13-14)6(11)12/h3,6H,2H2,1H3. The highest BCUT2D eigenvalue weighted by molar-refractivity contribution is 6.67. The van der Waals surface area contributed by atoms with Gasteiger partial charge in [-0.2, -0.15) is 5.10 Å². The maximum atomic E-state index is 12.4. The molecule has 0 saturated carbocycles. The van der Waals surface area contributed by atoms with Crippen molar-refractivity contribution in [3.63, 3.8) is 0 Å². The summed E-state index contributed by atoms with van der Waals surface area (Å²) in [6, 6.07) is 0. The number of alkyl halides is 5. The zero-order valence-corrected chi connectivity index (χ0v) is 9.41. The van der Waals surface area contributed by atoms with Gasteiger partial charge in [0, 0.05) is 25.2 Å². The van der Waals surface area contributed by atoms with Gasteiger partial charge in [0.05, 0.1) is 0 Å². The highest BCUT2D eigenvalue weighted by atomic mass is 35.6. The lowest BCUT2D eigenvalue weighted by molar-refractivity contribution is 0.144. The molecule has 1 heterocycles. The van der Waals surface area contributed by atoms with Crippen molar-refractivity contribution >= 4 is 34.8 Å². The van der Waals surface area contributed by atoms with E-state index < -0.39 is 10.2 Å². The molecule has 1 rings (SSSR count). The van der Waals surface area contributed by atoms with Crippen LogP contribution in [-0.4, -0.2) is 13.6 Å². The Morgan fingerprint density at radius 2 is 2.07 bits per heavy atom. The van der Waals surface area contributed by atoms with Gasteiger partial charge < -0.3 is 0 Å². The number of hydrogen-bond acceptors (Lipinski definition) is 1. The van der Waals surface area contributed by atoms with Crippen molar-refractivity contribution < 1.29 is 8.78 Å². The molecule has 2 nitrogen and oxygen atoms in total. The minimum absolute atomic E-state index is 0.0782. The molecule has 0 radical (unpaired) electrons. The van der Waals surface area contributed by atoms with E-state index in [1.165, 1.54) is 17.9 Å². The van der Waals surface area contributed by atoms with Crippen molar-refractivity contribution in [2.24, 2.45) is 7.05 Å². The predicted octanol–water partition coefficient (Wildman–Crippen LogP) is 3.27. The third kappa shape index (κ3) is 3.26. The fourth-order valence-corrected chi connectivity index (χ4v) is 1.52. The quantitative estimate of drug-likeness (QED) is 0.749. The molecule has 14 heavy (non-hydrogen) atoms. The topological polar surface area (TPSA) is 17.8 Å². The summed E-state index contributed by atoms with van der Waals surface area (Å²) in [6.45, 7) is 0. The number of halogens is 5. The Hall–Kier alpha value is -0.0600. The molecule has 1 aromatic heterocycles. The molecule has 0 bridgehead atoms. The fourth-order valence-electron chi connectivity index (χ4n) is 1.09. The summed E-state index contributed by atoms with van der Waals surface area (Å²) >= 11 is 16.5. The van der Waals surface area contributed by atoms with Crippen LogP contribution in [-0.2, 0) is 13.5 Å². The minimum atomic E-state index is -2.65. The van der Waals surface area contributed by atoms with Crippen LogP contribution in [0.2, 0.25) is 0 Å². The van der Waals surface area contributed by atoms with E-state index in [2.05, 4.69) is 5.10 Å². The van der Waals surface area contributed by atoms with Gasteiger partial charge in [0.2, 0.25) is 0 Å². The van der Waals surface area contributed by atoms with Crippen molar-refractivity contribution in [1.82, 2.24) is 9.78 Å². The highest BCUT2D eigenvalue weighted by Gasteiger charge is 2.26. The summed E-state index contributed by atoms with van der Waals surface area (Å²) in [7, 11) is 1.54. The molecule has 0 aliphatic rings. The van der Waals surface area contributed by atoms with Crippen molar-refractivity contribution in [1.29, 1.82) is 0 Å². The molecule has 0 amide bonds. The van der Waals surface area contributed by atoms with E-state index >= 15 is 0 Å². The first-order chi connectivity index (χ1) is 6.29. The third-order valence-corrected chi connectivity index (χ3v) is 1.94. The smallest absolute Gasteiger partial charge is 0.275 e. The average Bonchev–Trinajstić information content (AvgIpc) is 2.27. The molecule has 0 unspecified atom stereocenters. The molecule has 1 aromatic rings. The molecular weight excluding hydrogens is 256 g/mol. The van der Waals surface area contributed by atoms with Crippen LogP contribution >= 0.6 is 34.8 Å². The molecular formula is C7H7Cl3F2N2. The van der Waals surface area contributed by atoms with Gasteiger partial charge in [-0.05, 0) is 0 Å². The van der Waals surface area contributed by atoms with Gasteiger partial charge in [-0.15, -0.1) is 0 Å². The first-order valence-electron chi connectivity index (χ1n) is 3.67. The molecule has 0 aliphatic heterocycles. The molecule has 0 spiro atoms. The monoisotopic (exact) mass is 262 g/mol. The van der Waals surface area contributed by atoms with E-state index in [0.29, 0.717) is 0 Å². The molecule has 0 N–H and O–H groups in total. The molecule has 80 valence electrons. The first-order valence-corrected chi connectivity index (χ1v) is 4.80. The summed E-state index contributed by atoms with van der Waals surface area (Å²) in [5, 5.41) is 3.59. The molecule has 0 saturated heterocycles. The van der Waals surface area contributed by atoms with Crippen LogP contribution in [0.15, 0.2) is 6.20 Å². The van der Waals surface area contributed by atoms with Crippen LogP contribution in [0.3, 0.4) is 0 Å². The van der Waals surface area contributed by atoms with Gasteiger partial charge in [-0.3, -0.25) is 4.68 Å². The zero-order valence-electron chi connectivity index (χ0n) is 7.15. The van der Waals surface area contributed by atoms with Gasteiger partial charge in [0.15, 0.2) is 3.79 Å². The van der Waals surface area contributed by atoms with Gasteiger partial charge in [0.25, 0.3) is 6.43 Å². The van der Waals surface area contributed by atoms with E-state index in [4.69, 9.17) is 34.8 Å². The molecule has 0 atom stereocenters. The second-order valence-electron chi connectivity index (χ2n) is 2.81. The van der Waals surface area contributed by atoms with Crippen LogP contribution in [0.4, 0.5) is 8.78 Å². The number of nitrogens with zero attached hydrogens (tertiary/aromatic N) is 2. The van der Waals surface area contributed by atoms with Gasteiger partial charge in [0.1, 0.15) is 5.69 Å². The normalized spacial score (nSPS) is 12.5. The Labute approximate surface area is 94.7 Å². The van der Waals surface area contributed by atoms with Gasteiger partial charge in [-0.25, -0.2) is 8.78 Å². The first kappa shape index (κ1) is 12.0. The zero-order chi connectivity index (χ0) is 10.9. The molecule has 0 aliphatic carbocycles. The van der Waals surface area contributed by atoms with Crippen molar-refractivity contribution in [3.05, 3.63) is 17.5 Å². The second-order valence-corrected chi connectivity index (χ2v) is 5.32. The van der Waals surface area contributed by atoms with Crippen LogP contribution in [0.25, 0.3) is 0 Å². The highest BCUT2D eigenvalue weighted by Crippen LogP contribution is 2.33. The van der Waals surface area contributed by atoms with Crippen LogP contribution in [0.1, 0.15) is 17.7 Å². The molecule has 7 heteroatoms. The summed E-state index contributed by atoms with van der Waals surface area (Å²) in [5.74, 6) is 0. The number of rotatable bonds is 2. The predicted molar refractivity (Wildman–Crippen MR) is 52.2 cm³/mol. The Morgan fingerprint density at radius 3 is 2.50 bits per heavy atom. The maximum absolute atomic E-state index is 12.4. The Balaban J connectivity index is 2.96. The van der Waals surface area contributed by atoms with E-state index in [0.717, 1.165) is 0 Å². The van der Waals surface area contributed by atoms with E-state index in [1.807, 2.05) is 0 Å². The summed E-state index contributed by atoms with van der Waals surface area (Å²) in [6.07, 6.45) is -1.31. The van der Waals surface area contributed by atoms with Crippen molar-refractivity contribution in [3.8, 4) is 0 Å². The molecule has 0 aromatic carbocycles. The van der Waals surface area contributed by atoms with E-state index in [-0.39, 0.29) is 17.7 Å². The van der Waals surface area contributed by atoms with Gasteiger partial charge in [-0.1, -0.05) is 34.8 Å². The van der Waals surface area contributed by atoms with E-state index in [9.17, 15) is 8.78 Å². The lowest BCUT2D eigenvalue weighted by atomic mass is 10.2. The van der Waals surface area contributed by atoms with E-state index in [1.54, 1.807) is 0 Å². The fraction of sp³-hybridized carbons (Fsp3) is 0.571. The lowest BCUT2D eigenvalue weighted by Gasteiger charge is -2.09. The third-order valence-electron chi connectivity index (χ3n) is 1.53. The van der Waals surface area contributed by atoms with Crippen LogP contribution in [0.5, 0.6) is 0 Å². The second kappa shape index (κ2) is 4.21. The Morgan fingerprint density at radius 1 is 1.50 bits per heavy atom. The number of hydrogen-bond donors (Lipinski definition) is 0. The van der Waals surface area contributed by atoms with Crippen molar-refractivity contribution in [2.45, 2.75) is 16.6 Å². The Kier molecular flexibility index (Phi) is 3.61.